The molecular formula is C16H21N3O2S. The van der Waals surface area contributed by atoms with E-state index < -0.39 is 5.60 Å². The molecule has 0 saturated carbocycles. The topological polar surface area (TPSA) is 66.4 Å². The SMILES string of the molecule is COc1cccc(-c2ncc(CNC[C@]3(O)CCNC3)s2)c1. The van der Waals surface area contributed by atoms with E-state index in [4.69, 9.17) is 4.74 Å². The number of nitrogens with zero attached hydrogens (tertiary/aromatic N) is 1. The number of aromatic nitrogens is 1. The van der Waals surface area contributed by atoms with Gasteiger partial charge in [0, 0.05) is 36.3 Å². The van der Waals surface area contributed by atoms with Crippen LogP contribution in [0, 0.1) is 0 Å². The van der Waals surface area contributed by atoms with Gasteiger partial charge in [-0.15, -0.1) is 11.3 Å². The van der Waals surface area contributed by atoms with Crippen molar-refractivity contribution in [2.75, 3.05) is 26.7 Å². The molecule has 2 heterocycles. The van der Waals surface area contributed by atoms with Crippen LogP contribution in [-0.4, -0.2) is 42.4 Å². The number of ether oxygens (including phenoxy) is 1. The Balaban J connectivity index is 1.59. The van der Waals surface area contributed by atoms with Crippen molar-refractivity contribution < 1.29 is 9.84 Å². The number of nitrogens with one attached hydrogen (secondary N) is 2. The Hall–Kier alpha value is -1.47. The lowest BCUT2D eigenvalue weighted by Crippen LogP contribution is -2.42. The van der Waals surface area contributed by atoms with Gasteiger partial charge in [-0.2, -0.15) is 0 Å². The van der Waals surface area contributed by atoms with Crippen molar-refractivity contribution >= 4 is 11.3 Å². The van der Waals surface area contributed by atoms with E-state index in [0.717, 1.165) is 40.7 Å². The van der Waals surface area contributed by atoms with Gasteiger partial charge in [0.25, 0.3) is 0 Å². The maximum atomic E-state index is 10.3. The zero-order valence-corrected chi connectivity index (χ0v) is 13.4. The molecule has 2 aromatic rings. The molecule has 0 spiro atoms. The average molecular weight is 319 g/mol. The van der Waals surface area contributed by atoms with Crippen LogP contribution in [0.2, 0.25) is 0 Å². The highest BCUT2D eigenvalue weighted by molar-refractivity contribution is 7.15. The Bertz CT molecular complexity index is 623. The molecule has 1 fully saturated rings. The van der Waals surface area contributed by atoms with Gasteiger partial charge in [-0.1, -0.05) is 12.1 Å². The summed E-state index contributed by atoms with van der Waals surface area (Å²) in [6.45, 7) is 2.88. The molecule has 1 saturated heterocycles. The average Bonchev–Trinajstić information content (AvgIpc) is 3.17. The fraction of sp³-hybridized carbons (Fsp3) is 0.438. The lowest BCUT2D eigenvalue weighted by Gasteiger charge is -2.21. The van der Waals surface area contributed by atoms with Crippen molar-refractivity contribution in [3.8, 4) is 16.3 Å². The number of aliphatic hydroxyl groups is 1. The van der Waals surface area contributed by atoms with Crippen molar-refractivity contribution in [1.82, 2.24) is 15.6 Å². The molecule has 6 heteroatoms. The van der Waals surface area contributed by atoms with Crippen molar-refractivity contribution in [3.63, 3.8) is 0 Å². The summed E-state index contributed by atoms with van der Waals surface area (Å²) in [6.07, 6.45) is 2.70. The number of benzene rings is 1. The highest BCUT2D eigenvalue weighted by Crippen LogP contribution is 2.27. The molecule has 1 aliphatic heterocycles. The van der Waals surface area contributed by atoms with Crippen LogP contribution in [0.3, 0.4) is 0 Å². The molecule has 0 amide bonds. The summed E-state index contributed by atoms with van der Waals surface area (Å²) in [5.41, 5.74) is 0.453. The van der Waals surface area contributed by atoms with Crippen LogP contribution in [0.5, 0.6) is 5.75 Å². The number of rotatable bonds is 6. The number of methoxy groups -OCH3 is 1. The van der Waals surface area contributed by atoms with E-state index in [0.29, 0.717) is 13.1 Å². The van der Waals surface area contributed by atoms with Crippen molar-refractivity contribution in [1.29, 1.82) is 0 Å². The molecule has 0 bridgehead atoms. The number of hydrogen-bond acceptors (Lipinski definition) is 6. The first-order valence-corrected chi connectivity index (χ1v) is 8.23. The third kappa shape index (κ3) is 3.64. The second-order valence-electron chi connectivity index (χ2n) is 5.62. The van der Waals surface area contributed by atoms with Gasteiger partial charge in [0.2, 0.25) is 0 Å². The van der Waals surface area contributed by atoms with Crippen molar-refractivity contribution in [2.24, 2.45) is 0 Å². The highest BCUT2D eigenvalue weighted by Gasteiger charge is 2.30. The normalized spacial score (nSPS) is 21.2. The van der Waals surface area contributed by atoms with Gasteiger partial charge in [0.05, 0.1) is 12.7 Å². The fourth-order valence-electron chi connectivity index (χ4n) is 2.58. The molecule has 3 N–H and O–H groups in total. The molecule has 1 aromatic carbocycles. The van der Waals surface area contributed by atoms with Crippen LogP contribution < -0.4 is 15.4 Å². The van der Waals surface area contributed by atoms with E-state index in [1.165, 1.54) is 0 Å². The Morgan fingerprint density at radius 1 is 1.50 bits per heavy atom. The quantitative estimate of drug-likeness (QED) is 0.755. The Morgan fingerprint density at radius 3 is 3.18 bits per heavy atom. The second-order valence-corrected chi connectivity index (χ2v) is 6.73. The Kier molecular flexibility index (Phi) is 4.73. The van der Waals surface area contributed by atoms with E-state index in [1.807, 2.05) is 30.5 Å². The first-order chi connectivity index (χ1) is 10.7. The molecule has 1 atom stereocenters. The fourth-order valence-corrected chi connectivity index (χ4v) is 3.46. The van der Waals surface area contributed by atoms with E-state index in [-0.39, 0.29) is 0 Å². The van der Waals surface area contributed by atoms with Gasteiger partial charge in [0.15, 0.2) is 0 Å². The van der Waals surface area contributed by atoms with Crippen LogP contribution in [0.15, 0.2) is 30.5 Å². The van der Waals surface area contributed by atoms with E-state index >= 15 is 0 Å². The Morgan fingerprint density at radius 2 is 2.41 bits per heavy atom. The maximum Gasteiger partial charge on any atom is 0.123 e. The zero-order chi connectivity index (χ0) is 15.4. The van der Waals surface area contributed by atoms with Gasteiger partial charge in [-0.3, -0.25) is 0 Å². The molecule has 0 aliphatic carbocycles. The summed E-state index contributed by atoms with van der Waals surface area (Å²) in [6, 6.07) is 7.92. The van der Waals surface area contributed by atoms with Crippen molar-refractivity contribution in [3.05, 3.63) is 35.3 Å². The predicted molar refractivity (Wildman–Crippen MR) is 88.2 cm³/mol. The number of thiazole rings is 1. The molecule has 5 nitrogen and oxygen atoms in total. The van der Waals surface area contributed by atoms with E-state index in [1.54, 1.807) is 18.4 Å². The summed E-state index contributed by atoms with van der Waals surface area (Å²) in [5.74, 6) is 0.836. The summed E-state index contributed by atoms with van der Waals surface area (Å²) in [7, 11) is 1.67. The summed E-state index contributed by atoms with van der Waals surface area (Å²) < 4.78 is 5.25. The minimum absolute atomic E-state index is 0.604. The van der Waals surface area contributed by atoms with Gasteiger partial charge in [-0.05, 0) is 25.1 Å². The molecule has 22 heavy (non-hydrogen) atoms. The molecule has 0 radical (unpaired) electrons. The monoisotopic (exact) mass is 319 g/mol. The smallest absolute Gasteiger partial charge is 0.123 e. The van der Waals surface area contributed by atoms with E-state index in [9.17, 15) is 5.11 Å². The Labute approximate surface area is 134 Å². The maximum absolute atomic E-state index is 10.3. The molecular weight excluding hydrogens is 298 g/mol. The predicted octanol–water partition coefficient (Wildman–Crippen LogP) is 1.63. The third-order valence-electron chi connectivity index (χ3n) is 3.84. The first-order valence-electron chi connectivity index (χ1n) is 7.41. The number of β-amino-alcohol motifs (C(OH)–C–C–N with tert-alkyl or cyclic N) is 1. The zero-order valence-electron chi connectivity index (χ0n) is 12.6. The van der Waals surface area contributed by atoms with Gasteiger partial charge in [-0.25, -0.2) is 4.98 Å². The summed E-state index contributed by atoms with van der Waals surface area (Å²) in [5, 5.41) is 17.8. The minimum atomic E-state index is -0.611. The van der Waals surface area contributed by atoms with Crippen LogP contribution in [0.25, 0.3) is 10.6 Å². The van der Waals surface area contributed by atoms with Crippen LogP contribution >= 0.6 is 11.3 Å². The van der Waals surface area contributed by atoms with Crippen LogP contribution in [0.4, 0.5) is 0 Å². The highest BCUT2D eigenvalue weighted by atomic mass is 32.1. The summed E-state index contributed by atoms with van der Waals surface area (Å²) >= 11 is 1.66. The largest absolute Gasteiger partial charge is 0.497 e. The molecule has 3 rings (SSSR count). The lowest BCUT2D eigenvalue weighted by molar-refractivity contribution is 0.0609. The molecule has 1 aromatic heterocycles. The first kappa shape index (κ1) is 15.4. The number of hydrogen-bond donors (Lipinski definition) is 3. The van der Waals surface area contributed by atoms with E-state index in [2.05, 4.69) is 15.6 Å². The van der Waals surface area contributed by atoms with Crippen LogP contribution in [0.1, 0.15) is 11.3 Å². The van der Waals surface area contributed by atoms with Crippen LogP contribution in [-0.2, 0) is 6.54 Å². The lowest BCUT2D eigenvalue weighted by atomic mass is 10.0. The molecule has 1 aliphatic rings. The summed E-state index contributed by atoms with van der Waals surface area (Å²) in [4.78, 5) is 5.64. The molecule has 118 valence electrons. The third-order valence-corrected chi connectivity index (χ3v) is 4.89. The molecule has 0 unspecified atom stereocenters. The second kappa shape index (κ2) is 6.75. The van der Waals surface area contributed by atoms with Crippen molar-refractivity contribution in [2.45, 2.75) is 18.6 Å². The minimum Gasteiger partial charge on any atom is -0.497 e. The van der Waals surface area contributed by atoms with Gasteiger partial charge < -0.3 is 20.5 Å². The standard InChI is InChI=1S/C16H21N3O2S/c1-21-13-4-2-3-12(7-13)15-19-9-14(22-15)8-18-11-16(20)5-6-17-10-16/h2-4,7,9,17-18,20H,5-6,8,10-11H2,1H3/t16-/m0/s1. The van der Waals surface area contributed by atoms with Gasteiger partial charge >= 0.3 is 0 Å². The van der Waals surface area contributed by atoms with Gasteiger partial charge in [0.1, 0.15) is 10.8 Å².